The number of ether oxygens (including phenoxy) is 1. The molecule has 0 fully saturated rings. The number of thiophene rings is 1. The quantitative estimate of drug-likeness (QED) is 0.625. The number of allylic oxidation sites excluding steroid dienone is 1. The van der Waals surface area contributed by atoms with E-state index in [0.29, 0.717) is 36.2 Å². The van der Waals surface area contributed by atoms with Crippen molar-refractivity contribution in [2.75, 3.05) is 6.61 Å². The lowest BCUT2D eigenvalue weighted by Gasteiger charge is -2.14. The summed E-state index contributed by atoms with van der Waals surface area (Å²) in [6.45, 7) is 4.86. The van der Waals surface area contributed by atoms with Gasteiger partial charge in [0.25, 0.3) is 11.5 Å². The Morgan fingerprint density at radius 1 is 1.39 bits per heavy atom. The monoisotopic (exact) mass is 395 g/mol. The molecule has 6 nitrogen and oxygen atoms in total. The van der Waals surface area contributed by atoms with Crippen molar-refractivity contribution in [2.24, 2.45) is 0 Å². The zero-order chi connectivity index (χ0) is 19.5. The van der Waals surface area contributed by atoms with E-state index in [9.17, 15) is 9.59 Å². The first-order chi connectivity index (χ1) is 13.7. The molecule has 1 aromatic carbocycles. The summed E-state index contributed by atoms with van der Waals surface area (Å²) in [7, 11) is 0. The maximum Gasteiger partial charge on any atom is 0.261 e. The fraction of sp³-hybridized carbons (Fsp3) is 0.286. The molecule has 0 saturated heterocycles. The normalized spacial score (nSPS) is 12.7. The number of amides is 1. The fourth-order valence-corrected chi connectivity index (χ4v) is 4.14. The van der Waals surface area contributed by atoms with Crippen LogP contribution in [0, 0.1) is 0 Å². The molecule has 4 rings (SSSR count). The lowest BCUT2D eigenvalue weighted by atomic mass is 10.0. The summed E-state index contributed by atoms with van der Waals surface area (Å²) in [6, 6.07) is 7.49. The Hall–Kier alpha value is -2.93. The molecule has 0 spiro atoms. The van der Waals surface area contributed by atoms with Gasteiger partial charge >= 0.3 is 0 Å². The van der Waals surface area contributed by atoms with E-state index >= 15 is 0 Å². The Morgan fingerprint density at radius 3 is 3.07 bits per heavy atom. The van der Waals surface area contributed by atoms with Gasteiger partial charge in [-0.1, -0.05) is 12.1 Å². The third-order valence-corrected chi connectivity index (χ3v) is 5.67. The number of hydrogen-bond acceptors (Lipinski definition) is 5. The maximum absolute atomic E-state index is 13.0. The minimum absolute atomic E-state index is 0.0399. The van der Waals surface area contributed by atoms with E-state index in [4.69, 9.17) is 4.74 Å². The van der Waals surface area contributed by atoms with Crippen LogP contribution in [-0.2, 0) is 30.7 Å². The number of hydrogen-bond donors (Lipinski definition) is 1. The summed E-state index contributed by atoms with van der Waals surface area (Å²) in [5.41, 5.74) is 1.37. The Labute approximate surface area is 166 Å². The maximum atomic E-state index is 13.0. The second kappa shape index (κ2) is 7.98. The second-order valence-electron chi connectivity index (χ2n) is 6.66. The van der Waals surface area contributed by atoms with Crippen LogP contribution >= 0.6 is 11.3 Å². The van der Waals surface area contributed by atoms with Crippen LogP contribution in [0.3, 0.4) is 0 Å². The molecule has 0 atom stereocenters. The minimum atomic E-state index is -0.207. The van der Waals surface area contributed by atoms with Gasteiger partial charge in [-0.3, -0.25) is 14.2 Å². The Balaban J connectivity index is 1.58. The molecule has 0 radical (unpaired) electrons. The van der Waals surface area contributed by atoms with E-state index in [0.717, 1.165) is 29.1 Å². The molecule has 7 heteroatoms. The molecule has 1 amide bonds. The number of aryl methyl sites for hydroxylation is 1. The molecule has 3 heterocycles. The van der Waals surface area contributed by atoms with Gasteiger partial charge in [-0.15, -0.1) is 17.9 Å². The lowest BCUT2D eigenvalue weighted by molar-refractivity contribution is -0.123. The van der Waals surface area contributed by atoms with E-state index in [1.807, 2.05) is 17.5 Å². The number of benzene rings is 1. The average molecular weight is 395 g/mol. The highest BCUT2D eigenvalue weighted by molar-refractivity contribution is 7.09. The predicted molar refractivity (Wildman–Crippen MR) is 110 cm³/mol. The van der Waals surface area contributed by atoms with Crippen molar-refractivity contribution in [1.29, 1.82) is 0 Å². The molecule has 1 N–H and O–H groups in total. The number of rotatable bonds is 7. The summed E-state index contributed by atoms with van der Waals surface area (Å²) in [5.74, 6) is 1.15. The summed E-state index contributed by atoms with van der Waals surface area (Å²) in [4.78, 5) is 30.9. The van der Waals surface area contributed by atoms with E-state index in [1.165, 1.54) is 0 Å². The van der Waals surface area contributed by atoms with Gasteiger partial charge in [0.15, 0.2) is 6.61 Å². The minimum Gasteiger partial charge on any atom is -0.483 e. The van der Waals surface area contributed by atoms with Crippen molar-refractivity contribution < 1.29 is 9.53 Å². The van der Waals surface area contributed by atoms with Gasteiger partial charge < -0.3 is 10.1 Å². The number of nitrogens with zero attached hydrogens (tertiary/aromatic N) is 2. The van der Waals surface area contributed by atoms with Crippen LogP contribution in [0.4, 0.5) is 0 Å². The molecule has 2 aromatic heterocycles. The fourth-order valence-electron chi connectivity index (χ4n) is 3.49. The summed E-state index contributed by atoms with van der Waals surface area (Å²) in [5, 5.41) is 5.37. The zero-order valence-corrected chi connectivity index (χ0v) is 16.3. The van der Waals surface area contributed by atoms with E-state index in [-0.39, 0.29) is 18.1 Å². The largest absolute Gasteiger partial charge is 0.483 e. The van der Waals surface area contributed by atoms with Gasteiger partial charge in [0.1, 0.15) is 11.6 Å². The highest BCUT2D eigenvalue weighted by Crippen LogP contribution is 2.27. The van der Waals surface area contributed by atoms with E-state index in [1.54, 1.807) is 34.1 Å². The Morgan fingerprint density at radius 2 is 2.29 bits per heavy atom. The van der Waals surface area contributed by atoms with Crippen molar-refractivity contribution in [3.05, 3.63) is 68.9 Å². The topological polar surface area (TPSA) is 73.2 Å². The second-order valence-corrected chi connectivity index (χ2v) is 7.69. The molecular weight excluding hydrogens is 374 g/mol. The SMILES string of the molecule is C=CCc1c(OCC(=O)NCc2cccs2)ccc2nc3n(c(=O)c12)CCC3. The molecular formula is C21H21N3O3S. The van der Waals surface area contributed by atoms with Crippen LogP contribution in [0.1, 0.15) is 22.7 Å². The van der Waals surface area contributed by atoms with Crippen LogP contribution in [0.5, 0.6) is 5.75 Å². The Kier molecular flexibility index (Phi) is 5.25. The van der Waals surface area contributed by atoms with Gasteiger partial charge in [-0.25, -0.2) is 4.98 Å². The van der Waals surface area contributed by atoms with Gasteiger partial charge in [0.2, 0.25) is 0 Å². The highest BCUT2D eigenvalue weighted by atomic mass is 32.1. The molecule has 0 saturated carbocycles. The first-order valence-electron chi connectivity index (χ1n) is 9.25. The number of carbonyl (C=O) groups is 1. The van der Waals surface area contributed by atoms with Crippen molar-refractivity contribution >= 4 is 28.1 Å². The predicted octanol–water partition coefficient (Wildman–Crippen LogP) is 2.83. The smallest absolute Gasteiger partial charge is 0.261 e. The number of carbonyl (C=O) groups excluding carboxylic acids is 1. The number of nitrogens with one attached hydrogen (secondary N) is 1. The molecule has 0 aliphatic carbocycles. The van der Waals surface area contributed by atoms with Gasteiger partial charge in [0, 0.05) is 23.4 Å². The van der Waals surface area contributed by atoms with Crippen LogP contribution < -0.4 is 15.6 Å². The first kappa shape index (κ1) is 18.4. The summed E-state index contributed by atoms with van der Waals surface area (Å²) >= 11 is 1.59. The van der Waals surface area contributed by atoms with Crippen LogP contribution in [0.25, 0.3) is 10.9 Å². The number of aromatic nitrogens is 2. The molecule has 1 aliphatic heterocycles. The summed E-state index contributed by atoms with van der Waals surface area (Å²) < 4.78 is 7.51. The summed E-state index contributed by atoms with van der Waals surface area (Å²) in [6.07, 6.45) is 3.96. The first-order valence-corrected chi connectivity index (χ1v) is 10.1. The molecule has 28 heavy (non-hydrogen) atoms. The van der Waals surface area contributed by atoms with Gasteiger partial charge in [-0.2, -0.15) is 0 Å². The third-order valence-electron chi connectivity index (χ3n) is 4.80. The molecule has 1 aliphatic rings. The number of fused-ring (bicyclic) bond motifs is 2. The highest BCUT2D eigenvalue weighted by Gasteiger charge is 2.20. The van der Waals surface area contributed by atoms with E-state index in [2.05, 4.69) is 16.9 Å². The molecule has 144 valence electrons. The van der Waals surface area contributed by atoms with Crippen LogP contribution in [0.15, 0.2) is 47.1 Å². The van der Waals surface area contributed by atoms with Gasteiger partial charge in [-0.05, 0) is 36.4 Å². The van der Waals surface area contributed by atoms with E-state index < -0.39 is 0 Å². The van der Waals surface area contributed by atoms with Crippen molar-refractivity contribution in [2.45, 2.75) is 32.4 Å². The van der Waals surface area contributed by atoms with Crippen molar-refractivity contribution in [3.8, 4) is 5.75 Å². The molecule has 0 bridgehead atoms. The van der Waals surface area contributed by atoms with Gasteiger partial charge in [0.05, 0.1) is 17.4 Å². The van der Waals surface area contributed by atoms with Crippen LogP contribution in [-0.4, -0.2) is 22.1 Å². The average Bonchev–Trinajstić information content (AvgIpc) is 3.37. The lowest BCUT2D eigenvalue weighted by Crippen LogP contribution is -2.28. The van der Waals surface area contributed by atoms with Crippen LogP contribution in [0.2, 0.25) is 0 Å². The molecule has 3 aromatic rings. The third kappa shape index (κ3) is 3.57. The Bertz CT molecular complexity index is 1090. The van der Waals surface area contributed by atoms with Crippen molar-refractivity contribution in [3.63, 3.8) is 0 Å². The zero-order valence-electron chi connectivity index (χ0n) is 15.4. The standard InChI is InChI=1S/C21H21N3O3S/c1-2-5-15-17(27-13-19(25)22-12-14-6-4-11-28-14)9-8-16-20(15)21(26)24-10-3-7-18(24)23-16/h2,4,6,8-9,11H,1,3,5,7,10,12-13H2,(H,22,25). The molecule has 0 unspecified atom stereocenters. The van der Waals surface area contributed by atoms with Crippen molar-refractivity contribution in [1.82, 2.24) is 14.9 Å².